The summed E-state index contributed by atoms with van der Waals surface area (Å²) < 4.78 is 10.9. The van der Waals surface area contributed by atoms with Gasteiger partial charge in [-0.15, -0.1) is 6.58 Å². The fourth-order valence-corrected chi connectivity index (χ4v) is 4.73. The monoisotopic (exact) mass is 487 g/mol. The summed E-state index contributed by atoms with van der Waals surface area (Å²) in [6.07, 6.45) is 5.19. The number of allylic oxidation sites excluding steroid dienone is 1. The molecule has 6 rings (SSSR count). The van der Waals surface area contributed by atoms with Crippen molar-refractivity contribution in [3.05, 3.63) is 65.5 Å². The lowest BCUT2D eigenvalue weighted by molar-refractivity contribution is 0.0816. The summed E-state index contributed by atoms with van der Waals surface area (Å²) in [6.45, 7) is 10.1. The van der Waals surface area contributed by atoms with Crippen LogP contribution in [0.25, 0.3) is 16.9 Å². The predicted molar refractivity (Wildman–Crippen MR) is 138 cm³/mol. The van der Waals surface area contributed by atoms with Crippen molar-refractivity contribution in [3.8, 4) is 5.82 Å². The molecule has 0 saturated carbocycles. The van der Waals surface area contributed by atoms with Crippen LogP contribution in [0.15, 0.2) is 54.1 Å². The van der Waals surface area contributed by atoms with E-state index in [-0.39, 0.29) is 5.56 Å². The van der Waals surface area contributed by atoms with Gasteiger partial charge in [0.05, 0.1) is 19.3 Å². The summed E-state index contributed by atoms with van der Waals surface area (Å²) in [5.74, 6) is 1.85. The highest BCUT2D eigenvalue weighted by Gasteiger charge is 2.21. The van der Waals surface area contributed by atoms with Crippen LogP contribution in [0.3, 0.4) is 0 Å². The second-order valence-electron chi connectivity index (χ2n) is 9.14. The van der Waals surface area contributed by atoms with E-state index >= 15 is 0 Å². The molecular formula is C25H29N9O2. The molecule has 36 heavy (non-hydrogen) atoms. The average Bonchev–Trinajstić information content (AvgIpc) is 3.44. The van der Waals surface area contributed by atoms with Crippen molar-refractivity contribution in [2.75, 3.05) is 50.1 Å². The molecule has 0 radical (unpaired) electrons. The lowest BCUT2D eigenvalue weighted by Crippen LogP contribution is -2.44. The van der Waals surface area contributed by atoms with Crippen LogP contribution in [0.2, 0.25) is 0 Å². The Balaban J connectivity index is 1.33. The number of anilines is 3. The molecule has 3 aromatic heterocycles. The zero-order valence-electron chi connectivity index (χ0n) is 20.3. The minimum Gasteiger partial charge on any atom is -0.372 e. The average molecular weight is 488 g/mol. The Morgan fingerprint density at radius 2 is 1.92 bits per heavy atom. The molecule has 1 aromatic carbocycles. The highest BCUT2D eigenvalue weighted by molar-refractivity contribution is 5.77. The van der Waals surface area contributed by atoms with Crippen molar-refractivity contribution in [2.45, 2.75) is 19.7 Å². The Hall–Kier alpha value is -3.96. The van der Waals surface area contributed by atoms with Gasteiger partial charge in [0.1, 0.15) is 17.8 Å². The number of ether oxygens (including phenoxy) is 1. The molecule has 11 heteroatoms. The van der Waals surface area contributed by atoms with Crippen LogP contribution in [-0.4, -0.2) is 73.6 Å². The van der Waals surface area contributed by atoms with Crippen molar-refractivity contribution >= 4 is 28.4 Å². The van der Waals surface area contributed by atoms with Crippen molar-refractivity contribution in [2.24, 2.45) is 0 Å². The number of imidazole rings is 1. The molecule has 1 fully saturated rings. The molecule has 1 saturated heterocycles. The molecule has 0 aliphatic carbocycles. The molecule has 0 amide bonds. The summed E-state index contributed by atoms with van der Waals surface area (Å²) in [5.41, 5.74) is 2.38. The number of nitrogens with zero attached hydrogens (tertiary/aromatic N) is 8. The molecule has 1 N–H and O–H groups in total. The van der Waals surface area contributed by atoms with Gasteiger partial charge < -0.3 is 24.4 Å². The second kappa shape index (κ2) is 9.25. The summed E-state index contributed by atoms with van der Waals surface area (Å²) in [6, 6.07) is 8.28. The van der Waals surface area contributed by atoms with Gasteiger partial charge in [0, 0.05) is 50.3 Å². The van der Waals surface area contributed by atoms with E-state index in [1.165, 1.54) is 5.69 Å². The first-order valence-electron chi connectivity index (χ1n) is 12.1. The molecule has 0 bridgehead atoms. The minimum absolute atomic E-state index is 0.185. The molecule has 0 unspecified atom stereocenters. The fraction of sp³-hybridized carbons (Fsp3) is 0.360. The number of hydrogen-bond acceptors (Lipinski definition) is 8. The van der Waals surface area contributed by atoms with E-state index in [1.807, 2.05) is 18.3 Å². The van der Waals surface area contributed by atoms with Gasteiger partial charge in [-0.25, -0.2) is 19.3 Å². The number of rotatable bonds is 6. The maximum atomic E-state index is 13.2. The molecule has 186 valence electrons. The number of nitrogens with one attached hydrogen (secondary N) is 1. The number of piperazine rings is 1. The molecule has 2 aliphatic rings. The third kappa shape index (κ3) is 4.06. The van der Waals surface area contributed by atoms with Gasteiger partial charge >= 0.3 is 0 Å². The summed E-state index contributed by atoms with van der Waals surface area (Å²) in [7, 11) is 2.15. The van der Waals surface area contributed by atoms with Crippen molar-refractivity contribution in [1.82, 2.24) is 33.8 Å². The standard InChI is InChI=1S/C25H29N9O2/c1-3-8-33-24(35)20-15-26-25(27-18-4-6-19(7-5-18)31-11-9-30(2)10-12-31)29-23(20)34(33)21-16-32-13-14-36-17-22(32)28-21/h3-7,15-16H,1,8-14,17H2,2H3,(H,26,27,29). The van der Waals surface area contributed by atoms with Gasteiger partial charge in [-0.1, -0.05) is 6.08 Å². The van der Waals surface area contributed by atoms with Crippen LogP contribution < -0.4 is 15.8 Å². The number of benzene rings is 1. The maximum Gasteiger partial charge on any atom is 0.278 e. The topological polar surface area (TPSA) is 98.3 Å². The third-order valence-electron chi connectivity index (χ3n) is 6.74. The number of aromatic nitrogens is 6. The van der Waals surface area contributed by atoms with E-state index in [2.05, 4.69) is 50.4 Å². The first-order valence-corrected chi connectivity index (χ1v) is 12.1. The second-order valence-corrected chi connectivity index (χ2v) is 9.14. The lowest BCUT2D eigenvalue weighted by Gasteiger charge is -2.34. The molecule has 0 atom stereocenters. The maximum absolute atomic E-state index is 13.2. The van der Waals surface area contributed by atoms with Crippen molar-refractivity contribution in [1.29, 1.82) is 0 Å². The molecule has 11 nitrogen and oxygen atoms in total. The molecule has 4 aromatic rings. The highest BCUT2D eigenvalue weighted by Crippen LogP contribution is 2.23. The van der Waals surface area contributed by atoms with E-state index in [4.69, 9.17) is 14.7 Å². The Kier molecular flexibility index (Phi) is 5.78. The molecule has 5 heterocycles. The Labute approximate surface area is 208 Å². The van der Waals surface area contributed by atoms with Crippen molar-refractivity contribution in [3.63, 3.8) is 0 Å². The van der Waals surface area contributed by atoms with Gasteiger partial charge in [0.15, 0.2) is 11.5 Å². The lowest BCUT2D eigenvalue weighted by atomic mass is 10.2. The summed E-state index contributed by atoms with van der Waals surface area (Å²) in [5, 5.41) is 3.71. The van der Waals surface area contributed by atoms with Gasteiger partial charge in [-0.2, -0.15) is 4.98 Å². The predicted octanol–water partition coefficient (Wildman–Crippen LogP) is 1.99. The van der Waals surface area contributed by atoms with E-state index < -0.39 is 0 Å². The van der Waals surface area contributed by atoms with Crippen LogP contribution in [0, 0.1) is 0 Å². The Bertz CT molecular complexity index is 1440. The van der Waals surface area contributed by atoms with Crippen LogP contribution in [-0.2, 0) is 24.4 Å². The zero-order valence-corrected chi connectivity index (χ0v) is 20.3. The van der Waals surface area contributed by atoms with Crippen LogP contribution >= 0.6 is 0 Å². The Morgan fingerprint density at radius 3 is 2.67 bits per heavy atom. The smallest absolute Gasteiger partial charge is 0.278 e. The SMILES string of the molecule is C=CCn1c(=O)c2cnc(Nc3ccc(N4CCN(C)CC4)cc3)nc2n1-c1cn2c(n1)COCC2. The zero-order chi connectivity index (χ0) is 24.6. The molecular weight excluding hydrogens is 458 g/mol. The molecule has 2 aliphatic heterocycles. The summed E-state index contributed by atoms with van der Waals surface area (Å²) in [4.78, 5) is 31.8. The van der Waals surface area contributed by atoms with Crippen LogP contribution in [0.4, 0.5) is 17.3 Å². The van der Waals surface area contributed by atoms with E-state index in [1.54, 1.807) is 21.6 Å². The van der Waals surface area contributed by atoms with E-state index in [9.17, 15) is 4.79 Å². The largest absolute Gasteiger partial charge is 0.372 e. The van der Waals surface area contributed by atoms with Gasteiger partial charge in [0.25, 0.3) is 5.56 Å². The first kappa shape index (κ1) is 22.5. The number of fused-ring (bicyclic) bond motifs is 2. The van der Waals surface area contributed by atoms with E-state index in [0.717, 1.165) is 44.2 Å². The normalized spacial score (nSPS) is 16.3. The quantitative estimate of drug-likeness (QED) is 0.413. The Morgan fingerprint density at radius 1 is 1.11 bits per heavy atom. The number of hydrogen-bond donors (Lipinski definition) is 1. The van der Waals surface area contributed by atoms with E-state index in [0.29, 0.717) is 42.6 Å². The van der Waals surface area contributed by atoms with Crippen LogP contribution in [0.1, 0.15) is 5.82 Å². The first-order chi connectivity index (χ1) is 17.6. The fourth-order valence-electron chi connectivity index (χ4n) is 4.73. The van der Waals surface area contributed by atoms with Crippen LogP contribution in [0.5, 0.6) is 0 Å². The number of likely N-dealkylation sites (N-methyl/N-ethyl adjacent to an activating group) is 1. The van der Waals surface area contributed by atoms with Gasteiger partial charge in [-0.05, 0) is 31.3 Å². The van der Waals surface area contributed by atoms with Gasteiger partial charge in [-0.3, -0.25) is 4.79 Å². The van der Waals surface area contributed by atoms with Crippen molar-refractivity contribution < 1.29 is 4.74 Å². The van der Waals surface area contributed by atoms with Gasteiger partial charge in [0.2, 0.25) is 5.95 Å². The molecule has 0 spiro atoms. The minimum atomic E-state index is -0.185. The highest BCUT2D eigenvalue weighted by atomic mass is 16.5. The summed E-state index contributed by atoms with van der Waals surface area (Å²) >= 11 is 0. The third-order valence-corrected chi connectivity index (χ3v) is 6.74.